The van der Waals surface area contributed by atoms with E-state index in [1.165, 1.54) is 12.1 Å². The molecule has 0 aliphatic heterocycles. The number of rotatable bonds is 5. The Morgan fingerprint density at radius 3 is 2.62 bits per heavy atom. The van der Waals surface area contributed by atoms with Crippen molar-refractivity contribution in [2.24, 2.45) is 0 Å². The third-order valence-electron chi connectivity index (χ3n) is 3.02. The third kappa shape index (κ3) is 4.13. The van der Waals surface area contributed by atoms with Crippen molar-refractivity contribution in [3.63, 3.8) is 0 Å². The number of hydrogen-bond donors (Lipinski definition) is 1. The molecule has 0 radical (unpaired) electrons. The summed E-state index contributed by atoms with van der Waals surface area (Å²) in [4.78, 5) is 10.6. The van der Waals surface area contributed by atoms with Gasteiger partial charge in [-0.3, -0.25) is 10.1 Å². The number of benzene rings is 2. The Balaban J connectivity index is 2.18. The van der Waals surface area contributed by atoms with Gasteiger partial charge in [-0.2, -0.15) is 0 Å². The predicted octanol–water partition coefficient (Wildman–Crippen LogP) is 4.38. The normalized spacial score (nSPS) is 12.0. The van der Waals surface area contributed by atoms with Crippen molar-refractivity contribution in [1.82, 2.24) is 0 Å². The van der Waals surface area contributed by atoms with Gasteiger partial charge in [0.1, 0.15) is 11.5 Å². The summed E-state index contributed by atoms with van der Waals surface area (Å²) in [5.41, 5.74) is 1.22. The molecule has 0 saturated carbocycles. The lowest BCUT2D eigenvalue weighted by Gasteiger charge is -2.15. The summed E-state index contributed by atoms with van der Waals surface area (Å²) in [5, 5.41) is 14.1. The van der Waals surface area contributed by atoms with Gasteiger partial charge in [0.05, 0.1) is 8.49 Å². The molecule has 1 unspecified atom stereocenters. The van der Waals surface area contributed by atoms with Gasteiger partial charge in [-0.25, -0.2) is 4.39 Å². The fourth-order valence-electron chi connectivity index (χ4n) is 2.09. The van der Waals surface area contributed by atoms with Gasteiger partial charge in [-0.15, -0.1) is 0 Å². The van der Waals surface area contributed by atoms with Gasteiger partial charge in [0, 0.05) is 18.2 Å². The highest BCUT2D eigenvalue weighted by Gasteiger charge is 2.18. The van der Waals surface area contributed by atoms with Gasteiger partial charge in [-0.05, 0) is 41.5 Å². The summed E-state index contributed by atoms with van der Waals surface area (Å²) >= 11 is 1.75. The van der Waals surface area contributed by atoms with Crippen LogP contribution in [0.4, 0.5) is 15.8 Å². The molecule has 0 bridgehead atoms. The monoisotopic (exact) mass is 400 g/mol. The van der Waals surface area contributed by atoms with Crippen molar-refractivity contribution in [2.45, 2.75) is 19.4 Å². The Labute approximate surface area is 135 Å². The van der Waals surface area contributed by atoms with Crippen LogP contribution in [0, 0.1) is 19.5 Å². The first-order chi connectivity index (χ1) is 9.97. The smallest absolute Gasteiger partial charge is 0.293 e. The highest BCUT2D eigenvalue weighted by molar-refractivity contribution is 14.1. The molecule has 1 N–H and O–H groups in total. The molecule has 2 aromatic carbocycles. The lowest BCUT2D eigenvalue weighted by molar-refractivity contribution is -0.384. The van der Waals surface area contributed by atoms with Crippen molar-refractivity contribution in [2.75, 3.05) is 5.32 Å². The van der Waals surface area contributed by atoms with Crippen molar-refractivity contribution in [3.8, 4) is 0 Å². The first-order valence-corrected chi connectivity index (χ1v) is 7.49. The Morgan fingerprint density at radius 1 is 1.33 bits per heavy atom. The van der Waals surface area contributed by atoms with Crippen LogP contribution in [0.2, 0.25) is 0 Å². The number of hydrogen-bond acceptors (Lipinski definition) is 3. The molecule has 0 saturated heterocycles. The molecule has 1 atom stereocenters. The van der Waals surface area contributed by atoms with Gasteiger partial charge in [0.15, 0.2) is 0 Å². The van der Waals surface area contributed by atoms with E-state index in [9.17, 15) is 14.5 Å². The zero-order valence-corrected chi connectivity index (χ0v) is 13.5. The molecule has 0 heterocycles. The average Bonchev–Trinajstić information content (AvgIpc) is 2.43. The summed E-state index contributed by atoms with van der Waals surface area (Å²) in [6.07, 6.45) is 0.700. The van der Waals surface area contributed by atoms with E-state index in [4.69, 9.17) is 0 Å². The Hall–Kier alpha value is -1.70. The lowest BCUT2D eigenvalue weighted by atomic mass is 10.1. The maximum atomic E-state index is 13.6. The number of anilines is 1. The van der Waals surface area contributed by atoms with Crippen LogP contribution in [0.3, 0.4) is 0 Å². The molecule has 0 fully saturated rings. The number of halogens is 2. The van der Waals surface area contributed by atoms with Crippen molar-refractivity contribution < 1.29 is 9.31 Å². The molecular formula is C15H14FIN2O2. The highest BCUT2D eigenvalue weighted by atomic mass is 127. The van der Waals surface area contributed by atoms with Gasteiger partial charge in [0.25, 0.3) is 5.69 Å². The van der Waals surface area contributed by atoms with Crippen LogP contribution in [0.25, 0.3) is 0 Å². The molecule has 6 heteroatoms. The molecule has 0 amide bonds. The van der Waals surface area contributed by atoms with Gasteiger partial charge in [0.2, 0.25) is 0 Å². The largest absolute Gasteiger partial charge is 0.377 e. The highest BCUT2D eigenvalue weighted by Crippen LogP contribution is 2.29. The third-order valence-corrected chi connectivity index (χ3v) is 3.85. The molecule has 4 nitrogen and oxygen atoms in total. The van der Waals surface area contributed by atoms with Crippen molar-refractivity contribution in [3.05, 3.63) is 67.5 Å². The molecule has 110 valence electrons. The van der Waals surface area contributed by atoms with Crippen molar-refractivity contribution in [1.29, 1.82) is 0 Å². The van der Waals surface area contributed by atoms with E-state index in [0.717, 1.165) is 5.56 Å². The average molecular weight is 400 g/mol. The van der Waals surface area contributed by atoms with Crippen LogP contribution < -0.4 is 5.32 Å². The summed E-state index contributed by atoms with van der Waals surface area (Å²) in [7, 11) is 0. The SMILES string of the molecule is CC(Cc1ccccc1)Nc1cc(F)c(I)cc1[N+](=O)[O-]. The number of nitro groups is 1. The van der Waals surface area contributed by atoms with Crippen molar-refractivity contribution >= 4 is 34.0 Å². The molecule has 21 heavy (non-hydrogen) atoms. The van der Waals surface area contributed by atoms with Gasteiger partial charge >= 0.3 is 0 Å². The molecule has 0 aliphatic rings. The Bertz CT molecular complexity index is 650. The first-order valence-electron chi connectivity index (χ1n) is 6.41. The first kappa shape index (κ1) is 15.7. The van der Waals surface area contributed by atoms with Crippen LogP contribution >= 0.6 is 22.6 Å². The second-order valence-electron chi connectivity index (χ2n) is 4.78. The van der Waals surface area contributed by atoms with E-state index >= 15 is 0 Å². The fourth-order valence-corrected chi connectivity index (χ4v) is 2.54. The van der Waals surface area contributed by atoms with Crippen LogP contribution in [0.5, 0.6) is 0 Å². The minimum absolute atomic E-state index is 0.0504. The second kappa shape index (κ2) is 6.84. The van der Waals surface area contributed by atoms with E-state index in [1.807, 2.05) is 37.3 Å². The molecule has 0 aromatic heterocycles. The minimum Gasteiger partial charge on any atom is -0.377 e. The zero-order valence-electron chi connectivity index (χ0n) is 11.3. The molecule has 0 spiro atoms. The number of nitrogens with one attached hydrogen (secondary N) is 1. The molecular weight excluding hydrogens is 386 g/mol. The van der Waals surface area contributed by atoms with Crippen LogP contribution in [0.1, 0.15) is 12.5 Å². The maximum absolute atomic E-state index is 13.6. The summed E-state index contributed by atoms with van der Waals surface area (Å²) in [6, 6.07) is 12.2. The zero-order chi connectivity index (χ0) is 15.4. The van der Waals surface area contributed by atoms with Gasteiger partial charge in [-0.1, -0.05) is 30.3 Å². The van der Waals surface area contributed by atoms with Crippen LogP contribution in [0.15, 0.2) is 42.5 Å². The maximum Gasteiger partial charge on any atom is 0.293 e. The fraction of sp³-hybridized carbons (Fsp3) is 0.200. The van der Waals surface area contributed by atoms with Crippen LogP contribution in [-0.2, 0) is 6.42 Å². The van der Waals surface area contributed by atoms with E-state index in [1.54, 1.807) is 22.6 Å². The van der Waals surface area contributed by atoms with E-state index in [2.05, 4.69) is 5.32 Å². The summed E-state index contributed by atoms with van der Waals surface area (Å²) in [6.45, 7) is 1.91. The topological polar surface area (TPSA) is 55.2 Å². The predicted molar refractivity (Wildman–Crippen MR) is 89.0 cm³/mol. The summed E-state index contributed by atoms with van der Waals surface area (Å²) < 4.78 is 13.9. The van der Waals surface area contributed by atoms with E-state index < -0.39 is 10.7 Å². The quantitative estimate of drug-likeness (QED) is 0.461. The standard InChI is InChI=1S/C15H14FIN2O2/c1-10(7-11-5-3-2-4-6-11)18-14-8-12(16)13(17)9-15(14)19(20)21/h2-6,8-10,18H,7H2,1H3. The van der Waals surface area contributed by atoms with Crippen LogP contribution in [-0.4, -0.2) is 11.0 Å². The second-order valence-corrected chi connectivity index (χ2v) is 5.94. The van der Waals surface area contributed by atoms with E-state index in [0.29, 0.717) is 6.42 Å². The minimum atomic E-state index is -0.501. The number of nitro benzene ring substituents is 1. The Kier molecular flexibility index (Phi) is 5.11. The molecule has 2 aromatic rings. The lowest BCUT2D eigenvalue weighted by Crippen LogP contribution is -2.19. The molecule has 0 aliphatic carbocycles. The summed E-state index contributed by atoms with van der Waals surface area (Å²) in [5.74, 6) is -0.462. The van der Waals surface area contributed by atoms with E-state index in [-0.39, 0.29) is 21.0 Å². The van der Waals surface area contributed by atoms with Gasteiger partial charge < -0.3 is 5.32 Å². The Morgan fingerprint density at radius 2 is 2.00 bits per heavy atom. The molecule has 2 rings (SSSR count). The number of nitrogens with zero attached hydrogens (tertiary/aromatic N) is 1.